The van der Waals surface area contributed by atoms with Crippen LogP contribution < -0.4 is 0 Å². The minimum atomic E-state index is -0.886. The van der Waals surface area contributed by atoms with Crippen molar-refractivity contribution in [2.75, 3.05) is 13.2 Å². The van der Waals surface area contributed by atoms with Crippen molar-refractivity contribution in [3.63, 3.8) is 0 Å². The van der Waals surface area contributed by atoms with Gasteiger partial charge in [0.2, 0.25) is 0 Å². The second-order valence-corrected chi connectivity index (χ2v) is 7.31. The molecule has 1 aromatic heterocycles. The fourth-order valence-electron chi connectivity index (χ4n) is 3.95. The number of hydrogen-bond donors (Lipinski definition) is 1. The fourth-order valence-corrected chi connectivity index (χ4v) is 3.95. The molecule has 28 heavy (non-hydrogen) atoms. The number of nitrogens with one attached hydrogen (secondary N) is 1. The van der Waals surface area contributed by atoms with Crippen molar-refractivity contribution in [1.29, 1.82) is 0 Å². The quantitative estimate of drug-likeness (QED) is 0.717. The van der Waals surface area contributed by atoms with Crippen LogP contribution in [0.4, 0.5) is 0 Å². The van der Waals surface area contributed by atoms with Gasteiger partial charge in [-0.05, 0) is 53.0 Å². The normalized spacial score (nSPS) is 15.8. The number of ether oxygens (including phenoxy) is 2. The van der Waals surface area contributed by atoms with E-state index in [1.165, 1.54) is 6.42 Å². The number of rotatable bonds is 7. The van der Waals surface area contributed by atoms with E-state index in [2.05, 4.69) is 4.98 Å². The van der Waals surface area contributed by atoms with Crippen molar-refractivity contribution in [2.45, 2.75) is 78.9 Å². The highest BCUT2D eigenvalue weighted by Crippen LogP contribution is 2.24. The van der Waals surface area contributed by atoms with E-state index in [1.54, 1.807) is 27.7 Å². The van der Waals surface area contributed by atoms with Crippen molar-refractivity contribution in [1.82, 2.24) is 9.88 Å². The number of carbonyl (C=O) groups is 3. The molecule has 1 aliphatic carbocycles. The first-order chi connectivity index (χ1) is 13.3. The molecule has 0 bridgehead atoms. The minimum absolute atomic E-state index is 0.172. The van der Waals surface area contributed by atoms with Crippen LogP contribution in [0.1, 0.15) is 85.0 Å². The zero-order valence-electron chi connectivity index (χ0n) is 17.6. The summed E-state index contributed by atoms with van der Waals surface area (Å²) in [7, 11) is 0. The standard InChI is InChI=1S/C21H32N2O5/c1-6-23(16-11-9-8-10-12-16)19(24)15(5)28-21(26)18-13(3)17(14(4)22-18)20(25)27-7-2/h15-16,22H,6-12H2,1-5H3/t15-/m0/s1. The highest BCUT2D eigenvalue weighted by Gasteiger charge is 2.31. The molecule has 2 rings (SSSR count). The fraction of sp³-hybridized carbons (Fsp3) is 0.667. The van der Waals surface area contributed by atoms with Crippen LogP contribution in [-0.2, 0) is 14.3 Å². The zero-order chi connectivity index (χ0) is 20.8. The number of aryl methyl sites for hydroxylation is 1. The number of aromatic amines is 1. The third-order valence-corrected chi connectivity index (χ3v) is 5.39. The van der Waals surface area contributed by atoms with Crippen molar-refractivity contribution in [3.05, 3.63) is 22.5 Å². The lowest BCUT2D eigenvalue weighted by molar-refractivity contribution is -0.142. The lowest BCUT2D eigenvalue weighted by atomic mass is 9.94. The Kier molecular flexibility index (Phi) is 7.66. The molecule has 1 N–H and O–H groups in total. The minimum Gasteiger partial charge on any atom is -0.462 e. The molecule has 1 aliphatic rings. The number of likely N-dealkylation sites (N-methyl/N-ethyl adjacent to an activating group) is 1. The average Bonchev–Trinajstić information content (AvgIpc) is 2.97. The monoisotopic (exact) mass is 392 g/mol. The van der Waals surface area contributed by atoms with Crippen molar-refractivity contribution < 1.29 is 23.9 Å². The summed E-state index contributed by atoms with van der Waals surface area (Å²) in [6.45, 7) is 9.49. The molecule has 1 aromatic rings. The summed E-state index contributed by atoms with van der Waals surface area (Å²) in [5.74, 6) is -1.29. The summed E-state index contributed by atoms with van der Waals surface area (Å²) in [4.78, 5) is 42.3. The average molecular weight is 392 g/mol. The Morgan fingerprint density at radius 1 is 1.11 bits per heavy atom. The van der Waals surface area contributed by atoms with Gasteiger partial charge in [0.1, 0.15) is 5.69 Å². The second-order valence-electron chi connectivity index (χ2n) is 7.31. The van der Waals surface area contributed by atoms with E-state index in [4.69, 9.17) is 9.47 Å². The summed E-state index contributed by atoms with van der Waals surface area (Å²) in [6, 6.07) is 0.220. The van der Waals surface area contributed by atoms with Crippen LogP contribution in [0.2, 0.25) is 0 Å². The van der Waals surface area contributed by atoms with Crippen LogP contribution in [-0.4, -0.2) is 53.0 Å². The van der Waals surface area contributed by atoms with Gasteiger partial charge in [-0.2, -0.15) is 0 Å². The van der Waals surface area contributed by atoms with Crippen LogP contribution in [0, 0.1) is 13.8 Å². The van der Waals surface area contributed by atoms with E-state index >= 15 is 0 Å². The van der Waals surface area contributed by atoms with E-state index < -0.39 is 18.0 Å². The van der Waals surface area contributed by atoms with E-state index in [9.17, 15) is 14.4 Å². The van der Waals surface area contributed by atoms with E-state index in [-0.39, 0.29) is 24.2 Å². The lowest BCUT2D eigenvalue weighted by Gasteiger charge is -2.35. The maximum atomic E-state index is 12.9. The van der Waals surface area contributed by atoms with Gasteiger partial charge in [0, 0.05) is 18.3 Å². The Bertz CT molecular complexity index is 719. The molecule has 0 radical (unpaired) electrons. The molecular formula is C21H32N2O5. The van der Waals surface area contributed by atoms with Crippen LogP contribution in [0.3, 0.4) is 0 Å². The van der Waals surface area contributed by atoms with Gasteiger partial charge in [0.25, 0.3) is 5.91 Å². The second kappa shape index (κ2) is 9.75. The number of hydrogen-bond acceptors (Lipinski definition) is 5. The maximum Gasteiger partial charge on any atom is 0.355 e. The first-order valence-corrected chi connectivity index (χ1v) is 10.2. The first kappa shape index (κ1) is 22.0. The molecule has 0 aromatic carbocycles. The van der Waals surface area contributed by atoms with E-state index in [0.29, 0.717) is 23.4 Å². The molecule has 1 amide bonds. The molecule has 0 saturated heterocycles. The van der Waals surface area contributed by atoms with Crippen molar-refractivity contribution in [3.8, 4) is 0 Å². The zero-order valence-corrected chi connectivity index (χ0v) is 17.6. The molecule has 0 aliphatic heterocycles. The SMILES string of the molecule is CCOC(=O)c1c(C)[nH]c(C(=O)O[C@@H](C)C(=O)N(CC)C2CCCCC2)c1C. The highest BCUT2D eigenvalue weighted by molar-refractivity contribution is 5.99. The van der Waals surface area contributed by atoms with E-state index in [0.717, 1.165) is 25.7 Å². The van der Waals surface area contributed by atoms with Gasteiger partial charge in [-0.25, -0.2) is 9.59 Å². The Morgan fingerprint density at radius 3 is 2.32 bits per heavy atom. The van der Waals surface area contributed by atoms with E-state index in [1.807, 2.05) is 11.8 Å². The molecule has 156 valence electrons. The van der Waals surface area contributed by atoms with Gasteiger partial charge < -0.3 is 19.4 Å². The maximum absolute atomic E-state index is 12.9. The van der Waals surface area contributed by atoms with Gasteiger partial charge >= 0.3 is 11.9 Å². The van der Waals surface area contributed by atoms with Crippen molar-refractivity contribution in [2.24, 2.45) is 0 Å². The topological polar surface area (TPSA) is 88.7 Å². The molecule has 0 unspecified atom stereocenters. The van der Waals surface area contributed by atoms with Gasteiger partial charge in [0.15, 0.2) is 6.10 Å². The van der Waals surface area contributed by atoms with Crippen molar-refractivity contribution >= 4 is 17.8 Å². The molecule has 1 atom stereocenters. The Morgan fingerprint density at radius 2 is 1.75 bits per heavy atom. The number of nitrogens with zero attached hydrogens (tertiary/aromatic N) is 1. The van der Waals surface area contributed by atoms with Gasteiger partial charge in [0.05, 0.1) is 12.2 Å². The summed E-state index contributed by atoms with van der Waals surface area (Å²) in [6.07, 6.45) is 4.57. The van der Waals surface area contributed by atoms with Gasteiger partial charge in [-0.15, -0.1) is 0 Å². The lowest BCUT2D eigenvalue weighted by Crippen LogP contribution is -2.46. The smallest absolute Gasteiger partial charge is 0.355 e. The first-order valence-electron chi connectivity index (χ1n) is 10.2. The number of esters is 2. The number of amides is 1. The number of carbonyl (C=O) groups excluding carboxylic acids is 3. The summed E-state index contributed by atoms with van der Waals surface area (Å²) in [5.41, 5.74) is 1.53. The number of aromatic nitrogens is 1. The molecule has 1 heterocycles. The molecule has 1 saturated carbocycles. The van der Waals surface area contributed by atoms with Crippen LogP contribution >= 0.6 is 0 Å². The Hall–Kier alpha value is -2.31. The van der Waals surface area contributed by atoms with Crippen LogP contribution in [0.15, 0.2) is 0 Å². The largest absolute Gasteiger partial charge is 0.462 e. The van der Waals surface area contributed by atoms with Crippen LogP contribution in [0.5, 0.6) is 0 Å². The Labute approximate surface area is 166 Å². The van der Waals surface area contributed by atoms with Gasteiger partial charge in [-0.3, -0.25) is 4.79 Å². The predicted molar refractivity (Wildman–Crippen MR) is 105 cm³/mol. The van der Waals surface area contributed by atoms with Crippen LogP contribution in [0.25, 0.3) is 0 Å². The highest BCUT2D eigenvalue weighted by atomic mass is 16.5. The van der Waals surface area contributed by atoms with Gasteiger partial charge in [-0.1, -0.05) is 19.3 Å². The third-order valence-electron chi connectivity index (χ3n) is 5.39. The number of H-pyrrole nitrogens is 1. The molecule has 7 nitrogen and oxygen atoms in total. The molecule has 7 heteroatoms. The molecule has 1 fully saturated rings. The molecule has 0 spiro atoms. The Balaban J connectivity index is 2.10. The summed E-state index contributed by atoms with van der Waals surface area (Å²) in [5, 5.41) is 0. The predicted octanol–water partition coefficient (Wildman–Crippen LogP) is 3.53. The molecular weight excluding hydrogens is 360 g/mol. The summed E-state index contributed by atoms with van der Waals surface area (Å²) >= 11 is 0. The summed E-state index contributed by atoms with van der Waals surface area (Å²) < 4.78 is 10.5. The third kappa shape index (κ3) is 4.75.